The number of hydrogen-bond acceptors (Lipinski definition) is 7. The van der Waals surface area contributed by atoms with Gasteiger partial charge in [0.15, 0.2) is 0 Å². The average molecular weight is 249 g/mol. The third kappa shape index (κ3) is 3.22. The second-order valence-electron chi connectivity index (χ2n) is 3.25. The molecule has 0 aliphatic carbocycles. The summed E-state index contributed by atoms with van der Waals surface area (Å²) < 4.78 is 0. The zero-order valence-corrected chi connectivity index (χ0v) is 9.68. The summed E-state index contributed by atoms with van der Waals surface area (Å²) in [5.74, 6) is 1.49. The molecule has 0 aliphatic heterocycles. The van der Waals surface area contributed by atoms with E-state index in [9.17, 15) is 5.11 Å². The van der Waals surface area contributed by atoms with Crippen molar-refractivity contribution in [2.45, 2.75) is 10.6 Å². The van der Waals surface area contributed by atoms with Gasteiger partial charge in [0.05, 0.1) is 5.75 Å². The monoisotopic (exact) mass is 249 g/mol. The van der Waals surface area contributed by atoms with Gasteiger partial charge in [0.1, 0.15) is 11.6 Å². The first-order valence-electron chi connectivity index (χ1n) is 4.81. The van der Waals surface area contributed by atoms with E-state index >= 15 is 0 Å². The maximum atomic E-state index is 9.30. The fourth-order valence-corrected chi connectivity index (χ4v) is 2.05. The summed E-state index contributed by atoms with van der Waals surface area (Å²) in [5.41, 5.74) is 10.9. The SMILES string of the molecule is Nc1nc(N)nc(CSc2cccc(O)c2)n1. The number of phenolic OH excluding ortho intramolecular Hbond substituents is 1. The van der Waals surface area contributed by atoms with Crippen molar-refractivity contribution < 1.29 is 5.11 Å². The quantitative estimate of drug-likeness (QED) is 0.697. The molecule has 2 aromatic rings. The van der Waals surface area contributed by atoms with E-state index in [1.54, 1.807) is 18.2 Å². The van der Waals surface area contributed by atoms with E-state index < -0.39 is 0 Å². The molecule has 6 nitrogen and oxygen atoms in total. The van der Waals surface area contributed by atoms with E-state index in [0.29, 0.717) is 11.6 Å². The topological polar surface area (TPSA) is 111 Å². The first-order valence-corrected chi connectivity index (χ1v) is 5.80. The molecule has 0 radical (unpaired) electrons. The highest BCUT2D eigenvalue weighted by molar-refractivity contribution is 7.98. The van der Waals surface area contributed by atoms with Crippen LogP contribution in [0.3, 0.4) is 0 Å². The van der Waals surface area contributed by atoms with Crippen LogP contribution >= 0.6 is 11.8 Å². The summed E-state index contributed by atoms with van der Waals surface area (Å²) in [4.78, 5) is 12.5. The molecule has 88 valence electrons. The molecule has 0 bridgehead atoms. The van der Waals surface area contributed by atoms with Crippen LogP contribution < -0.4 is 11.5 Å². The number of nitrogens with two attached hydrogens (primary N) is 2. The largest absolute Gasteiger partial charge is 0.508 e. The highest BCUT2D eigenvalue weighted by Gasteiger charge is 2.03. The van der Waals surface area contributed by atoms with Gasteiger partial charge in [-0.15, -0.1) is 11.8 Å². The maximum Gasteiger partial charge on any atom is 0.225 e. The molecular weight excluding hydrogens is 238 g/mol. The van der Waals surface area contributed by atoms with Gasteiger partial charge >= 0.3 is 0 Å². The number of thioether (sulfide) groups is 1. The Balaban J connectivity index is 2.07. The Morgan fingerprint density at radius 2 is 1.82 bits per heavy atom. The van der Waals surface area contributed by atoms with Crippen molar-refractivity contribution in [2.24, 2.45) is 0 Å². The number of hydrogen-bond donors (Lipinski definition) is 3. The fraction of sp³-hybridized carbons (Fsp3) is 0.100. The molecule has 0 saturated carbocycles. The minimum atomic E-state index is 0.115. The highest BCUT2D eigenvalue weighted by atomic mass is 32.2. The maximum absolute atomic E-state index is 9.30. The third-order valence-electron chi connectivity index (χ3n) is 1.90. The standard InChI is InChI=1S/C10H11N5OS/c11-9-13-8(14-10(12)15-9)5-17-7-3-1-2-6(16)4-7/h1-4,16H,5H2,(H4,11,12,13,14,15). The van der Waals surface area contributed by atoms with Gasteiger partial charge in [-0.1, -0.05) is 6.07 Å². The molecule has 0 unspecified atom stereocenters. The van der Waals surface area contributed by atoms with Crippen molar-refractivity contribution in [3.63, 3.8) is 0 Å². The molecule has 0 fully saturated rings. The van der Waals surface area contributed by atoms with Gasteiger partial charge in [0.2, 0.25) is 11.9 Å². The predicted molar refractivity (Wildman–Crippen MR) is 66.3 cm³/mol. The summed E-state index contributed by atoms with van der Waals surface area (Å²) in [6.07, 6.45) is 0. The molecule has 7 heteroatoms. The summed E-state index contributed by atoms with van der Waals surface area (Å²) in [5, 5.41) is 9.30. The van der Waals surface area contributed by atoms with Gasteiger partial charge in [-0.3, -0.25) is 0 Å². The zero-order valence-electron chi connectivity index (χ0n) is 8.87. The van der Waals surface area contributed by atoms with Crippen LogP contribution in [-0.4, -0.2) is 20.1 Å². The molecule has 0 atom stereocenters. The lowest BCUT2D eigenvalue weighted by molar-refractivity contribution is 0.474. The van der Waals surface area contributed by atoms with Gasteiger partial charge in [0, 0.05) is 4.90 Å². The van der Waals surface area contributed by atoms with Crippen molar-refractivity contribution in [2.75, 3.05) is 11.5 Å². The smallest absolute Gasteiger partial charge is 0.225 e. The number of aromatic hydroxyl groups is 1. The Labute approximate surface area is 102 Å². The number of phenols is 1. The molecular formula is C10H11N5OS. The minimum Gasteiger partial charge on any atom is -0.508 e. The van der Waals surface area contributed by atoms with Crippen LogP contribution in [0.15, 0.2) is 29.2 Å². The summed E-state index contributed by atoms with van der Waals surface area (Å²) in [6, 6.07) is 6.94. The molecule has 1 aromatic heterocycles. The van der Waals surface area contributed by atoms with Crippen LogP contribution in [0.1, 0.15) is 5.82 Å². The van der Waals surface area contributed by atoms with Gasteiger partial charge in [-0.2, -0.15) is 15.0 Å². The number of nitrogens with zero attached hydrogens (tertiary/aromatic N) is 3. The van der Waals surface area contributed by atoms with Gasteiger partial charge in [-0.05, 0) is 18.2 Å². The Kier molecular flexibility index (Phi) is 3.29. The van der Waals surface area contributed by atoms with Crippen molar-refractivity contribution in [1.82, 2.24) is 15.0 Å². The molecule has 0 aliphatic rings. The lowest BCUT2D eigenvalue weighted by Gasteiger charge is -2.02. The van der Waals surface area contributed by atoms with Crippen LogP contribution in [0.4, 0.5) is 11.9 Å². The fourth-order valence-electron chi connectivity index (χ4n) is 1.24. The lowest BCUT2D eigenvalue weighted by atomic mass is 10.3. The number of benzene rings is 1. The molecule has 17 heavy (non-hydrogen) atoms. The molecule has 0 amide bonds. The average Bonchev–Trinajstić information content (AvgIpc) is 2.25. The molecule has 1 heterocycles. The zero-order chi connectivity index (χ0) is 12.3. The summed E-state index contributed by atoms with van der Waals surface area (Å²) in [6.45, 7) is 0. The van der Waals surface area contributed by atoms with E-state index in [2.05, 4.69) is 15.0 Å². The van der Waals surface area contributed by atoms with Crippen molar-refractivity contribution in [1.29, 1.82) is 0 Å². The summed E-state index contributed by atoms with van der Waals surface area (Å²) in [7, 11) is 0. The Morgan fingerprint density at radius 3 is 2.47 bits per heavy atom. The van der Waals surface area contributed by atoms with Crippen LogP contribution in [0.5, 0.6) is 5.75 Å². The highest BCUT2D eigenvalue weighted by Crippen LogP contribution is 2.24. The molecule has 1 aromatic carbocycles. The van der Waals surface area contributed by atoms with E-state index in [4.69, 9.17) is 11.5 Å². The normalized spacial score (nSPS) is 10.4. The minimum absolute atomic E-state index is 0.115. The van der Waals surface area contributed by atoms with Gasteiger partial charge in [0.25, 0.3) is 0 Å². The van der Waals surface area contributed by atoms with Crippen molar-refractivity contribution in [3.05, 3.63) is 30.1 Å². The molecule has 0 saturated heterocycles. The third-order valence-corrected chi connectivity index (χ3v) is 2.89. The first kappa shape index (κ1) is 11.5. The lowest BCUT2D eigenvalue weighted by Crippen LogP contribution is -2.05. The predicted octanol–water partition coefficient (Wildman–Crippen LogP) is 1.03. The van der Waals surface area contributed by atoms with Gasteiger partial charge in [-0.25, -0.2) is 0 Å². The molecule has 5 N–H and O–H groups in total. The Hall–Kier alpha value is -2.02. The second-order valence-corrected chi connectivity index (χ2v) is 4.30. The van der Waals surface area contributed by atoms with E-state index in [1.165, 1.54) is 11.8 Å². The van der Waals surface area contributed by atoms with Gasteiger partial charge < -0.3 is 16.6 Å². The summed E-state index contributed by atoms with van der Waals surface area (Å²) >= 11 is 1.48. The number of rotatable bonds is 3. The molecule has 0 spiro atoms. The first-order chi connectivity index (χ1) is 8.13. The Bertz CT molecular complexity index is 514. The van der Waals surface area contributed by atoms with Crippen LogP contribution in [-0.2, 0) is 5.75 Å². The van der Waals surface area contributed by atoms with Crippen LogP contribution in [0.2, 0.25) is 0 Å². The molecule has 2 rings (SSSR count). The Morgan fingerprint density at radius 1 is 1.12 bits per heavy atom. The van der Waals surface area contributed by atoms with E-state index in [-0.39, 0.29) is 17.6 Å². The van der Waals surface area contributed by atoms with Crippen molar-refractivity contribution in [3.8, 4) is 5.75 Å². The number of nitrogen functional groups attached to an aromatic ring is 2. The van der Waals surface area contributed by atoms with E-state index in [1.807, 2.05) is 6.07 Å². The van der Waals surface area contributed by atoms with E-state index in [0.717, 1.165) is 4.90 Å². The second kappa shape index (κ2) is 4.88. The van der Waals surface area contributed by atoms with Crippen molar-refractivity contribution >= 4 is 23.7 Å². The number of anilines is 2. The van der Waals surface area contributed by atoms with Crippen LogP contribution in [0, 0.1) is 0 Å². The number of aromatic nitrogens is 3. The van der Waals surface area contributed by atoms with Crippen LogP contribution in [0.25, 0.3) is 0 Å².